The lowest BCUT2D eigenvalue weighted by molar-refractivity contribution is -0.657. The predicted octanol–water partition coefficient (Wildman–Crippen LogP) is 3.34. The van der Waals surface area contributed by atoms with E-state index in [1.807, 2.05) is 31.2 Å². The minimum absolute atomic E-state index is 0.328. The first-order chi connectivity index (χ1) is 12.8. The Morgan fingerprint density at radius 2 is 1.96 bits per heavy atom. The lowest BCUT2D eigenvalue weighted by Crippen LogP contribution is -2.86. The number of hydrogen-bond donors (Lipinski definition) is 2. The molecule has 150 valence electrons. The van der Waals surface area contributed by atoms with Gasteiger partial charge in [0.05, 0.1) is 19.3 Å². The number of quaternary nitrogens is 1. The minimum Gasteiger partial charge on any atom is -0.443 e. The van der Waals surface area contributed by atoms with Gasteiger partial charge < -0.3 is 14.8 Å². The maximum Gasteiger partial charge on any atom is 0.411 e. The van der Waals surface area contributed by atoms with Gasteiger partial charge in [0.2, 0.25) is 0 Å². The molecule has 2 aliphatic rings. The fraction of sp³-hybridized carbons (Fsp3) is 0.682. The van der Waals surface area contributed by atoms with Crippen LogP contribution in [0, 0.1) is 23.7 Å². The first-order valence-corrected chi connectivity index (χ1v) is 10.3. The van der Waals surface area contributed by atoms with Gasteiger partial charge in [0.1, 0.15) is 13.2 Å². The quantitative estimate of drug-likeness (QED) is 0.685. The first kappa shape index (κ1) is 20.2. The van der Waals surface area contributed by atoms with Crippen LogP contribution in [0.5, 0.6) is 0 Å². The Labute approximate surface area is 163 Å². The number of benzene rings is 1. The summed E-state index contributed by atoms with van der Waals surface area (Å²) in [5.41, 5.74) is 2.55. The molecule has 2 bridgehead atoms. The number of carbonyl (C=O) groups is 1. The van der Waals surface area contributed by atoms with Gasteiger partial charge in [-0.2, -0.15) is 0 Å². The summed E-state index contributed by atoms with van der Waals surface area (Å²) in [4.78, 5) is 11.8. The maximum atomic E-state index is 11.8. The highest BCUT2D eigenvalue weighted by molar-refractivity contribution is 5.85. The molecule has 3 atom stereocenters. The van der Waals surface area contributed by atoms with E-state index in [1.165, 1.54) is 19.3 Å². The highest BCUT2D eigenvalue weighted by Crippen LogP contribution is 2.66. The standard InChI is InChI=1S/C22H34N2O3/c1-16-7-5-6-8-18(16)24-20(25)27-14-12-23-11-13-26-19-15-17-9-10-22(19,4)21(17,2)3/h5-8,17,19,23H,9-15H2,1-4H3,(H,24,25)/p+1/t17-,19-,22-/m1/s1. The molecule has 2 fully saturated rings. The molecule has 2 saturated carbocycles. The number of para-hydroxylation sites is 1. The van der Waals surface area contributed by atoms with Crippen molar-refractivity contribution in [3.05, 3.63) is 29.8 Å². The van der Waals surface area contributed by atoms with Crippen LogP contribution in [0.3, 0.4) is 0 Å². The predicted molar refractivity (Wildman–Crippen MR) is 107 cm³/mol. The van der Waals surface area contributed by atoms with E-state index in [2.05, 4.69) is 31.4 Å². The fourth-order valence-electron chi connectivity index (χ4n) is 4.91. The number of anilines is 1. The molecule has 0 heterocycles. The molecular formula is C22H35N2O3+. The molecule has 0 saturated heterocycles. The van der Waals surface area contributed by atoms with Crippen LogP contribution in [0.25, 0.3) is 0 Å². The summed E-state index contributed by atoms with van der Waals surface area (Å²) in [6.45, 7) is 12.0. The zero-order valence-corrected chi connectivity index (χ0v) is 17.2. The summed E-state index contributed by atoms with van der Waals surface area (Å²) in [5.74, 6) is 0.816. The Kier molecular flexibility index (Phi) is 6.11. The van der Waals surface area contributed by atoms with Crippen molar-refractivity contribution in [2.75, 3.05) is 31.6 Å². The zero-order chi connectivity index (χ0) is 19.5. The van der Waals surface area contributed by atoms with Crippen molar-refractivity contribution in [2.24, 2.45) is 16.7 Å². The van der Waals surface area contributed by atoms with Crippen molar-refractivity contribution in [3.63, 3.8) is 0 Å². The van der Waals surface area contributed by atoms with Gasteiger partial charge >= 0.3 is 6.09 Å². The molecule has 27 heavy (non-hydrogen) atoms. The summed E-state index contributed by atoms with van der Waals surface area (Å²) in [5, 5.41) is 4.93. The third kappa shape index (κ3) is 4.14. The average molecular weight is 376 g/mol. The number of carbonyl (C=O) groups excluding carboxylic acids is 1. The third-order valence-corrected chi connectivity index (χ3v) is 7.29. The van der Waals surface area contributed by atoms with Crippen molar-refractivity contribution in [1.29, 1.82) is 0 Å². The van der Waals surface area contributed by atoms with Crippen LogP contribution in [0.15, 0.2) is 24.3 Å². The van der Waals surface area contributed by atoms with Gasteiger partial charge in [0, 0.05) is 5.69 Å². The highest BCUT2D eigenvalue weighted by atomic mass is 16.5. The van der Waals surface area contributed by atoms with Crippen molar-refractivity contribution < 1.29 is 19.6 Å². The fourth-order valence-corrected chi connectivity index (χ4v) is 4.91. The summed E-state index contributed by atoms with van der Waals surface area (Å²) < 4.78 is 11.5. The maximum absolute atomic E-state index is 11.8. The van der Waals surface area contributed by atoms with Gasteiger partial charge in [0.25, 0.3) is 0 Å². The van der Waals surface area contributed by atoms with Crippen LogP contribution >= 0.6 is 0 Å². The zero-order valence-electron chi connectivity index (χ0n) is 17.2. The molecule has 0 spiro atoms. The second-order valence-corrected chi connectivity index (χ2v) is 8.91. The molecule has 2 aliphatic carbocycles. The summed E-state index contributed by atoms with van der Waals surface area (Å²) in [7, 11) is 0. The van der Waals surface area contributed by atoms with Crippen LogP contribution in [-0.4, -0.2) is 38.5 Å². The summed E-state index contributed by atoms with van der Waals surface area (Å²) in [6, 6.07) is 7.67. The number of aryl methyl sites for hydroxylation is 1. The van der Waals surface area contributed by atoms with Crippen LogP contribution in [0.2, 0.25) is 0 Å². The normalized spacial score (nSPS) is 28.3. The molecule has 0 radical (unpaired) electrons. The van der Waals surface area contributed by atoms with Gasteiger partial charge in [-0.1, -0.05) is 39.0 Å². The Morgan fingerprint density at radius 1 is 1.22 bits per heavy atom. The van der Waals surface area contributed by atoms with Gasteiger partial charge in [-0.3, -0.25) is 5.32 Å². The van der Waals surface area contributed by atoms with E-state index in [4.69, 9.17) is 9.47 Å². The summed E-state index contributed by atoms with van der Waals surface area (Å²) in [6.07, 6.45) is 3.87. The van der Waals surface area contributed by atoms with E-state index in [1.54, 1.807) is 0 Å². The molecule has 0 unspecified atom stereocenters. The number of amides is 1. The van der Waals surface area contributed by atoms with E-state index in [9.17, 15) is 4.79 Å². The number of fused-ring (bicyclic) bond motifs is 2. The van der Waals surface area contributed by atoms with E-state index < -0.39 is 6.09 Å². The minimum atomic E-state index is -0.397. The third-order valence-electron chi connectivity index (χ3n) is 7.29. The van der Waals surface area contributed by atoms with E-state index in [0.717, 1.165) is 36.9 Å². The lowest BCUT2D eigenvalue weighted by Gasteiger charge is -2.38. The Morgan fingerprint density at radius 3 is 2.63 bits per heavy atom. The van der Waals surface area contributed by atoms with Crippen molar-refractivity contribution >= 4 is 11.8 Å². The molecule has 3 N–H and O–H groups in total. The van der Waals surface area contributed by atoms with Gasteiger partial charge in [-0.05, 0) is 54.6 Å². The van der Waals surface area contributed by atoms with E-state index >= 15 is 0 Å². The topological polar surface area (TPSA) is 64.2 Å². The molecule has 5 nitrogen and oxygen atoms in total. The monoisotopic (exact) mass is 375 g/mol. The number of ether oxygens (including phenoxy) is 2. The molecule has 1 aromatic carbocycles. The second kappa shape index (κ2) is 8.19. The van der Waals surface area contributed by atoms with Crippen molar-refractivity contribution in [2.45, 2.75) is 53.1 Å². The average Bonchev–Trinajstić information content (AvgIpc) is 2.96. The molecule has 0 aromatic heterocycles. The number of hydrogen-bond acceptors (Lipinski definition) is 3. The Balaban J connectivity index is 1.26. The van der Waals surface area contributed by atoms with Crippen molar-refractivity contribution in [1.82, 2.24) is 0 Å². The lowest BCUT2D eigenvalue weighted by atomic mass is 9.70. The Hall–Kier alpha value is -1.59. The van der Waals surface area contributed by atoms with Crippen LogP contribution in [-0.2, 0) is 9.47 Å². The second-order valence-electron chi connectivity index (χ2n) is 8.91. The molecular weight excluding hydrogens is 340 g/mol. The molecule has 0 aliphatic heterocycles. The highest BCUT2D eigenvalue weighted by Gasteiger charge is 2.61. The largest absolute Gasteiger partial charge is 0.443 e. The molecule has 1 aromatic rings. The van der Waals surface area contributed by atoms with E-state index in [0.29, 0.717) is 23.5 Å². The van der Waals surface area contributed by atoms with Gasteiger partial charge in [-0.25, -0.2) is 4.79 Å². The van der Waals surface area contributed by atoms with Crippen LogP contribution in [0.1, 0.15) is 45.6 Å². The SMILES string of the molecule is Cc1ccccc1NC(=O)OCC[NH2+]CCO[C@@H]1C[C@H]2CC[C@@]1(C)C2(C)C. The summed E-state index contributed by atoms with van der Waals surface area (Å²) >= 11 is 0. The number of rotatable bonds is 8. The molecule has 1 amide bonds. The van der Waals surface area contributed by atoms with Gasteiger partial charge in [0.15, 0.2) is 0 Å². The Bertz CT molecular complexity index is 661. The van der Waals surface area contributed by atoms with Gasteiger partial charge in [-0.15, -0.1) is 0 Å². The van der Waals surface area contributed by atoms with Crippen LogP contribution in [0.4, 0.5) is 10.5 Å². The van der Waals surface area contributed by atoms with E-state index in [-0.39, 0.29) is 0 Å². The van der Waals surface area contributed by atoms with Crippen LogP contribution < -0.4 is 10.6 Å². The molecule has 5 heteroatoms. The number of nitrogens with one attached hydrogen (secondary N) is 1. The smallest absolute Gasteiger partial charge is 0.411 e. The first-order valence-electron chi connectivity index (χ1n) is 10.3. The molecule has 3 rings (SSSR count). The number of nitrogens with two attached hydrogens (primary N) is 1. The van der Waals surface area contributed by atoms with Crippen molar-refractivity contribution in [3.8, 4) is 0 Å².